The van der Waals surface area contributed by atoms with Crippen LogP contribution in [-0.2, 0) is 4.79 Å². The zero-order valence-corrected chi connectivity index (χ0v) is 16.3. The Morgan fingerprint density at radius 1 is 1.32 bits per heavy atom. The molecule has 1 amide bonds. The average Bonchev–Trinajstić information content (AvgIpc) is 3.02. The lowest BCUT2D eigenvalue weighted by Crippen LogP contribution is -2.39. The van der Waals surface area contributed by atoms with Crippen molar-refractivity contribution < 1.29 is 9.53 Å². The number of ether oxygens (including phenoxy) is 1. The van der Waals surface area contributed by atoms with E-state index in [2.05, 4.69) is 31.6 Å². The lowest BCUT2D eigenvalue weighted by molar-refractivity contribution is -0.127. The first kappa shape index (κ1) is 19.6. The standard InChI is InChI=1S/C18H27BrN4O2/c1-2-20-18(21-10-4-13-23-12-3-5-17(23)24)22-11-14-25-16-8-6-15(19)7-9-16/h6-9H,2-5,10-14H2,1H3,(H2,20,21,22). The van der Waals surface area contributed by atoms with Gasteiger partial charge in [-0.15, -0.1) is 0 Å². The third-order valence-electron chi connectivity index (χ3n) is 3.85. The van der Waals surface area contributed by atoms with E-state index in [0.29, 0.717) is 26.1 Å². The molecule has 138 valence electrons. The first-order valence-corrected chi connectivity index (χ1v) is 9.66. The average molecular weight is 411 g/mol. The van der Waals surface area contributed by atoms with Crippen LogP contribution in [0.1, 0.15) is 26.2 Å². The minimum atomic E-state index is 0.277. The summed E-state index contributed by atoms with van der Waals surface area (Å²) in [5, 5.41) is 6.49. The molecule has 1 heterocycles. The van der Waals surface area contributed by atoms with E-state index in [1.54, 1.807) is 0 Å². The van der Waals surface area contributed by atoms with Gasteiger partial charge in [0.15, 0.2) is 5.96 Å². The summed E-state index contributed by atoms with van der Waals surface area (Å²) in [5.74, 6) is 1.91. The summed E-state index contributed by atoms with van der Waals surface area (Å²) in [6, 6.07) is 7.78. The number of benzene rings is 1. The van der Waals surface area contributed by atoms with Gasteiger partial charge in [-0.1, -0.05) is 15.9 Å². The number of halogens is 1. The molecule has 0 unspecified atom stereocenters. The van der Waals surface area contributed by atoms with Gasteiger partial charge in [-0.05, 0) is 44.0 Å². The number of nitrogens with zero attached hydrogens (tertiary/aromatic N) is 2. The molecule has 1 aromatic rings. The largest absolute Gasteiger partial charge is 0.492 e. The third-order valence-corrected chi connectivity index (χ3v) is 4.38. The molecule has 2 N–H and O–H groups in total. The number of hydrogen-bond acceptors (Lipinski definition) is 3. The molecule has 1 aromatic carbocycles. The van der Waals surface area contributed by atoms with Crippen LogP contribution < -0.4 is 15.4 Å². The van der Waals surface area contributed by atoms with Crippen LogP contribution in [0.3, 0.4) is 0 Å². The van der Waals surface area contributed by atoms with Gasteiger partial charge in [0.05, 0.1) is 6.54 Å². The van der Waals surface area contributed by atoms with Crippen molar-refractivity contribution in [1.29, 1.82) is 0 Å². The fourth-order valence-electron chi connectivity index (χ4n) is 2.60. The third kappa shape index (κ3) is 7.34. The Labute approximate surface area is 158 Å². The first-order valence-electron chi connectivity index (χ1n) is 8.87. The van der Waals surface area contributed by atoms with Gasteiger partial charge in [-0.2, -0.15) is 0 Å². The molecule has 1 saturated heterocycles. The van der Waals surface area contributed by atoms with Crippen LogP contribution in [0.2, 0.25) is 0 Å². The quantitative estimate of drug-likeness (QED) is 0.372. The number of likely N-dealkylation sites (tertiary alicyclic amines) is 1. The number of hydrogen-bond donors (Lipinski definition) is 2. The molecule has 7 heteroatoms. The first-order chi connectivity index (χ1) is 12.2. The second-order valence-electron chi connectivity index (χ2n) is 5.83. The van der Waals surface area contributed by atoms with E-state index in [9.17, 15) is 4.79 Å². The van der Waals surface area contributed by atoms with Crippen LogP contribution in [0.4, 0.5) is 0 Å². The Kier molecular flexibility index (Phi) is 8.59. The molecule has 1 aliphatic rings. The van der Waals surface area contributed by atoms with Crippen LogP contribution in [0, 0.1) is 0 Å². The van der Waals surface area contributed by atoms with Gasteiger partial charge in [-0.25, -0.2) is 0 Å². The smallest absolute Gasteiger partial charge is 0.222 e. The van der Waals surface area contributed by atoms with Gasteiger partial charge < -0.3 is 20.3 Å². The summed E-state index contributed by atoms with van der Waals surface area (Å²) in [6.07, 6.45) is 2.58. The fraction of sp³-hybridized carbons (Fsp3) is 0.556. The molecule has 1 fully saturated rings. The van der Waals surface area contributed by atoms with Gasteiger partial charge in [0.2, 0.25) is 5.91 Å². The summed E-state index contributed by atoms with van der Waals surface area (Å²) < 4.78 is 6.72. The van der Waals surface area contributed by atoms with E-state index in [1.807, 2.05) is 36.1 Å². The maximum absolute atomic E-state index is 11.6. The predicted molar refractivity (Wildman–Crippen MR) is 104 cm³/mol. The van der Waals surface area contributed by atoms with E-state index in [1.165, 1.54) is 0 Å². The topological polar surface area (TPSA) is 66.0 Å². The second-order valence-corrected chi connectivity index (χ2v) is 6.74. The Morgan fingerprint density at radius 2 is 2.12 bits per heavy atom. The van der Waals surface area contributed by atoms with E-state index in [4.69, 9.17) is 4.74 Å². The molecule has 0 spiro atoms. The number of guanidine groups is 1. The lowest BCUT2D eigenvalue weighted by atomic mass is 10.3. The van der Waals surface area contributed by atoms with E-state index in [0.717, 1.165) is 48.7 Å². The summed E-state index contributed by atoms with van der Waals surface area (Å²) in [5.41, 5.74) is 0. The normalized spacial score (nSPS) is 14.7. The Morgan fingerprint density at radius 3 is 2.80 bits per heavy atom. The highest BCUT2D eigenvalue weighted by Gasteiger charge is 2.18. The molecule has 0 bridgehead atoms. The fourth-order valence-corrected chi connectivity index (χ4v) is 2.87. The second kappa shape index (κ2) is 11.0. The van der Waals surface area contributed by atoms with Crippen molar-refractivity contribution in [2.75, 3.05) is 39.3 Å². The van der Waals surface area contributed by atoms with Gasteiger partial charge >= 0.3 is 0 Å². The maximum atomic E-state index is 11.6. The number of amides is 1. The van der Waals surface area contributed by atoms with Crippen LogP contribution in [0.5, 0.6) is 5.75 Å². The van der Waals surface area contributed by atoms with Crippen molar-refractivity contribution in [1.82, 2.24) is 15.5 Å². The number of aliphatic imine (C=N–C) groups is 1. The molecule has 25 heavy (non-hydrogen) atoms. The zero-order valence-electron chi connectivity index (χ0n) is 14.8. The van der Waals surface area contributed by atoms with Crippen LogP contribution in [0.15, 0.2) is 33.7 Å². The number of carbonyl (C=O) groups excluding carboxylic acids is 1. The molecule has 0 aromatic heterocycles. The highest BCUT2D eigenvalue weighted by molar-refractivity contribution is 9.10. The molecular weight excluding hydrogens is 384 g/mol. The maximum Gasteiger partial charge on any atom is 0.222 e. The summed E-state index contributed by atoms with van der Waals surface area (Å²) in [4.78, 5) is 18.0. The predicted octanol–water partition coefficient (Wildman–Crippen LogP) is 2.40. The minimum Gasteiger partial charge on any atom is -0.492 e. The molecule has 0 atom stereocenters. The SMILES string of the molecule is CCNC(=NCCCN1CCCC1=O)NCCOc1ccc(Br)cc1. The van der Waals surface area contributed by atoms with Gasteiger partial charge in [-0.3, -0.25) is 9.79 Å². The van der Waals surface area contributed by atoms with Crippen molar-refractivity contribution in [3.8, 4) is 5.75 Å². The van der Waals surface area contributed by atoms with Crippen molar-refractivity contribution in [2.45, 2.75) is 26.2 Å². The van der Waals surface area contributed by atoms with Crippen LogP contribution >= 0.6 is 15.9 Å². The Balaban J connectivity index is 1.64. The number of rotatable bonds is 9. The number of nitrogens with one attached hydrogen (secondary N) is 2. The molecular formula is C18H27BrN4O2. The molecule has 6 nitrogen and oxygen atoms in total. The zero-order chi connectivity index (χ0) is 17.9. The summed E-state index contributed by atoms with van der Waals surface area (Å²) >= 11 is 3.40. The molecule has 0 saturated carbocycles. The van der Waals surface area contributed by atoms with E-state index in [-0.39, 0.29) is 5.91 Å². The highest BCUT2D eigenvalue weighted by Crippen LogP contribution is 2.15. The van der Waals surface area contributed by atoms with E-state index < -0.39 is 0 Å². The monoisotopic (exact) mass is 410 g/mol. The van der Waals surface area contributed by atoms with Gasteiger partial charge in [0, 0.05) is 37.1 Å². The van der Waals surface area contributed by atoms with Crippen molar-refractivity contribution in [3.63, 3.8) is 0 Å². The van der Waals surface area contributed by atoms with Gasteiger partial charge in [0.25, 0.3) is 0 Å². The molecule has 0 radical (unpaired) electrons. The van der Waals surface area contributed by atoms with E-state index >= 15 is 0 Å². The van der Waals surface area contributed by atoms with Crippen molar-refractivity contribution >= 4 is 27.8 Å². The molecule has 2 rings (SSSR count). The minimum absolute atomic E-state index is 0.277. The number of carbonyl (C=O) groups is 1. The Hall–Kier alpha value is -1.76. The van der Waals surface area contributed by atoms with Crippen molar-refractivity contribution in [2.24, 2.45) is 4.99 Å². The van der Waals surface area contributed by atoms with Crippen molar-refractivity contribution in [3.05, 3.63) is 28.7 Å². The highest BCUT2D eigenvalue weighted by atomic mass is 79.9. The van der Waals surface area contributed by atoms with Crippen LogP contribution in [-0.4, -0.2) is 56.1 Å². The Bertz CT molecular complexity index is 563. The molecule has 1 aliphatic heterocycles. The summed E-state index contributed by atoms with van der Waals surface area (Å²) in [7, 11) is 0. The van der Waals surface area contributed by atoms with Gasteiger partial charge in [0.1, 0.15) is 12.4 Å². The molecule has 0 aliphatic carbocycles. The lowest BCUT2D eigenvalue weighted by Gasteiger charge is -2.15. The summed E-state index contributed by atoms with van der Waals surface area (Å²) in [6.45, 7) is 6.48. The van der Waals surface area contributed by atoms with Crippen LogP contribution in [0.25, 0.3) is 0 Å².